The van der Waals surface area contributed by atoms with Crippen molar-refractivity contribution in [3.05, 3.63) is 29.3 Å². The Morgan fingerprint density at radius 3 is 2.71 bits per heavy atom. The predicted molar refractivity (Wildman–Crippen MR) is 69.8 cm³/mol. The van der Waals surface area contributed by atoms with E-state index in [1.165, 1.54) is 13.2 Å². The molecule has 1 aliphatic heterocycles. The molecule has 0 saturated carbocycles. The van der Waals surface area contributed by atoms with E-state index in [-0.39, 0.29) is 18.8 Å². The quantitative estimate of drug-likeness (QED) is 0.929. The fourth-order valence-corrected chi connectivity index (χ4v) is 2.58. The molecule has 0 radical (unpaired) electrons. The molecule has 1 aromatic rings. The van der Waals surface area contributed by atoms with Gasteiger partial charge in [-0.15, -0.1) is 0 Å². The van der Waals surface area contributed by atoms with Crippen LogP contribution in [0.3, 0.4) is 0 Å². The van der Waals surface area contributed by atoms with Crippen molar-refractivity contribution < 1.29 is 23.0 Å². The molecule has 2 rings (SSSR count). The summed E-state index contributed by atoms with van der Waals surface area (Å²) in [5, 5.41) is 18.2. The van der Waals surface area contributed by atoms with Gasteiger partial charge in [0.05, 0.1) is 35.9 Å². The number of hydrogen-bond acceptors (Lipinski definition) is 4. The van der Waals surface area contributed by atoms with Crippen LogP contribution < -0.4 is 4.90 Å². The summed E-state index contributed by atoms with van der Waals surface area (Å²) in [7, 11) is 1.53. The number of benzene rings is 1. The third-order valence-electron chi connectivity index (χ3n) is 3.68. The third-order valence-corrected chi connectivity index (χ3v) is 3.68. The lowest BCUT2D eigenvalue weighted by molar-refractivity contribution is -0.137. The standard InChI is InChI=1S/C14H15F3N2O2/c1-21-12-4-11(8-20)19(7-12)10-3-2-9(6-18)13(5-10)14(15,16)17/h2-3,5,11-12,20H,4,7-8H2,1H3/t11-,12+/m0/s1. The Kier molecular flexibility index (Phi) is 4.40. The SMILES string of the molecule is CO[C@@H]1C[C@@H](CO)N(c2ccc(C#N)c(C(F)(F)F)c2)C1. The van der Waals surface area contributed by atoms with Crippen LogP contribution in [0.15, 0.2) is 18.2 Å². The molecule has 1 saturated heterocycles. The normalized spacial score (nSPS) is 22.4. The maximum Gasteiger partial charge on any atom is 0.417 e. The van der Waals surface area contributed by atoms with Crippen LogP contribution in [0, 0.1) is 11.3 Å². The van der Waals surface area contributed by atoms with Crippen molar-refractivity contribution in [2.75, 3.05) is 25.2 Å². The van der Waals surface area contributed by atoms with E-state index in [1.807, 2.05) is 0 Å². The van der Waals surface area contributed by atoms with Crippen molar-refractivity contribution in [2.45, 2.75) is 24.7 Å². The minimum Gasteiger partial charge on any atom is -0.394 e. The van der Waals surface area contributed by atoms with Gasteiger partial charge in [0.1, 0.15) is 0 Å². The number of aliphatic hydroxyl groups is 1. The summed E-state index contributed by atoms with van der Waals surface area (Å²) < 4.78 is 44.2. The van der Waals surface area contributed by atoms with E-state index in [0.29, 0.717) is 18.7 Å². The van der Waals surface area contributed by atoms with Gasteiger partial charge in [0, 0.05) is 19.3 Å². The number of ether oxygens (including phenoxy) is 1. The largest absolute Gasteiger partial charge is 0.417 e. The first-order valence-corrected chi connectivity index (χ1v) is 6.42. The fraction of sp³-hybridized carbons (Fsp3) is 0.500. The molecule has 1 heterocycles. The number of nitrogens with zero attached hydrogens (tertiary/aromatic N) is 2. The van der Waals surface area contributed by atoms with Crippen LogP contribution in [0.1, 0.15) is 17.5 Å². The zero-order valence-corrected chi connectivity index (χ0v) is 11.4. The molecule has 1 aliphatic rings. The molecule has 4 nitrogen and oxygen atoms in total. The van der Waals surface area contributed by atoms with Crippen molar-refractivity contribution >= 4 is 5.69 Å². The molecule has 0 bridgehead atoms. The molecule has 7 heteroatoms. The van der Waals surface area contributed by atoms with Crippen LogP contribution in [-0.2, 0) is 10.9 Å². The van der Waals surface area contributed by atoms with Gasteiger partial charge in [-0.3, -0.25) is 0 Å². The summed E-state index contributed by atoms with van der Waals surface area (Å²) in [5.41, 5.74) is -1.03. The van der Waals surface area contributed by atoms with Crippen LogP contribution in [-0.4, -0.2) is 37.5 Å². The monoisotopic (exact) mass is 300 g/mol. The molecule has 0 amide bonds. The van der Waals surface area contributed by atoms with E-state index in [9.17, 15) is 18.3 Å². The minimum absolute atomic E-state index is 0.132. The average Bonchev–Trinajstić information content (AvgIpc) is 2.89. The van der Waals surface area contributed by atoms with Gasteiger partial charge >= 0.3 is 6.18 Å². The first kappa shape index (κ1) is 15.6. The number of alkyl halides is 3. The summed E-state index contributed by atoms with van der Waals surface area (Å²) >= 11 is 0. The number of methoxy groups -OCH3 is 1. The Balaban J connectivity index is 2.39. The molecule has 2 atom stereocenters. The Bertz CT molecular complexity index is 554. The first-order valence-electron chi connectivity index (χ1n) is 6.42. The summed E-state index contributed by atoms with van der Waals surface area (Å²) in [6, 6.07) is 4.85. The third kappa shape index (κ3) is 3.12. The molecule has 114 valence electrons. The van der Waals surface area contributed by atoms with Crippen LogP contribution in [0.4, 0.5) is 18.9 Å². The molecular weight excluding hydrogens is 285 g/mol. The number of nitriles is 1. The topological polar surface area (TPSA) is 56.5 Å². The predicted octanol–water partition coefficient (Wildman–Crippen LogP) is 2.16. The molecule has 1 fully saturated rings. The van der Waals surface area contributed by atoms with Gasteiger partial charge in [-0.1, -0.05) is 0 Å². The lowest BCUT2D eigenvalue weighted by atomic mass is 10.1. The summed E-state index contributed by atoms with van der Waals surface area (Å²) in [4.78, 5) is 1.69. The summed E-state index contributed by atoms with van der Waals surface area (Å²) in [5.74, 6) is 0. The highest BCUT2D eigenvalue weighted by Crippen LogP contribution is 2.36. The van der Waals surface area contributed by atoms with Gasteiger partial charge < -0.3 is 14.7 Å². The number of rotatable bonds is 3. The van der Waals surface area contributed by atoms with E-state index < -0.39 is 17.3 Å². The number of anilines is 1. The zero-order valence-electron chi connectivity index (χ0n) is 11.4. The Morgan fingerprint density at radius 1 is 1.48 bits per heavy atom. The fourth-order valence-electron chi connectivity index (χ4n) is 2.58. The van der Waals surface area contributed by atoms with Crippen molar-refractivity contribution in [2.24, 2.45) is 0 Å². The Morgan fingerprint density at radius 2 is 2.19 bits per heavy atom. The van der Waals surface area contributed by atoms with Gasteiger partial charge in [-0.2, -0.15) is 18.4 Å². The van der Waals surface area contributed by atoms with Crippen LogP contribution in [0.2, 0.25) is 0 Å². The molecule has 0 unspecified atom stereocenters. The maximum absolute atomic E-state index is 13.0. The highest BCUT2D eigenvalue weighted by molar-refractivity contribution is 5.56. The van der Waals surface area contributed by atoms with E-state index in [4.69, 9.17) is 10.00 Å². The van der Waals surface area contributed by atoms with Gasteiger partial charge in [0.25, 0.3) is 0 Å². The van der Waals surface area contributed by atoms with E-state index in [2.05, 4.69) is 0 Å². The van der Waals surface area contributed by atoms with Crippen LogP contribution in [0.25, 0.3) is 0 Å². The average molecular weight is 300 g/mol. The lowest BCUT2D eigenvalue weighted by Crippen LogP contribution is -2.32. The number of halogens is 3. The van der Waals surface area contributed by atoms with Crippen molar-refractivity contribution in [3.8, 4) is 6.07 Å². The van der Waals surface area contributed by atoms with Crippen molar-refractivity contribution in [1.82, 2.24) is 0 Å². The second-order valence-electron chi connectivity index (χ2n) is 4.92. The molecule has 0 aliphatic carbocycles. The van der Waals surface area contributed by atoms with E-state index in [0.717, 1.165) is 12.1 Å². The zero-order chi connectivity index (χ0) is 15.6. The molecule has 0 aromatic heterocycles. The van der Waals surface area contributed by atoms with Crippen LogP contribution >= 0.6 is 0 Å². The first-order chi connectivity index (χ1) is 9.90. The summed E-state index contributed by atoms with van der Waals surface area (Å²) in [6.45, 7) is 0.242. The Labute approximate surface area is 120 Å². The second-order valence-corrected chi connectivity index (χ2v) is 4.92. The van der Waals surface area contributed by atoms with E-state index in [1.54, 1.807) is 11.0 Å². The van der Waals surface area contributed by atoms with Gasteiger partial charge in [-0.05, 0) is 24.6 Å². The van der Waals surface area contributed by atoms with Gasteiger partial charge in [-0.25, -0.2) is 0 Å². The molecule has 1 N–H and O–H groups in total. The van der Waals surface area contributed by atoms with Gasteiger partial charge in [0.2, 0.25) is 0 Å². The van der Waals surface area contributed by atoms with Crippen molar-refractivity contribution in [1.29, 1.82) is 5.26 Å². The maximum atomic E-state index is 13.0. The molecule has 1 aromatic carbocycles. The highest BCUT2D eigenvalue weighted by Gasteiger charge is 2.36. The minimum atomic E-state index is -4.59. The Hall–Kier alpha value is -1.78. The highest BCUT2D eigenvalue weighted by atomic mass is 19.4. The molecule has 0 spiro atoms. The molecular formula is C14H15F3N2O2. The number of hydrogen-bond donors (Lipinski definition) is 1. The van der Waals surface area contributed by atoms with Gasteiger partial charge in [0.15, 0.2) is 0 Å². The number of aliphatic hydroxyl groups excluding tert-OH is 1. The van der Waals surface area contributed by atoms with Crippen LogP contribution in [0.5, 0.6) is 0 Å². The second kappa shape index (κ2) is 5.92. The lowest BCUT2D eigenvalue weighted by Gasteiger charge is -2.26. The smallest absolute Gasteiger partial charge is 0.394 e. The van der Waals surface area contributed by atoms with E-state index >= 15 is 0 Å². The summed E-state index contributed by atoms with van der Waals surface area (Å²) in [6.07, 6.45) is -4.17. The van der Waals surface area contributed by atoms with Crippen molar-refractivity contribution in [3.63, 3.8) is 0 Å². The molecule has 21 heavy (non-hydrogen) atoms.